The topological polar surface area (TPSA) is 68.9 Å². The van der Waals surface area contributed by atoms with E-state index in [2.05, 4.69) is 23.2 Å². The second kappa shape index (κ2) is 11.0. The van der Waals surface area contributed by atoms with E-state index in [-0.39, 0.29) is 0 Å². The summed E-state index contributed by atoms with van der Waals surface area (Å²) in [5, 5.41) is 0. The van der Waals surface area contributed by atoms with Gasteiger partial charge in [-0.2, -0.15) is 0 Å². The number of aryl methyl sites for hydroxylation is 1. The molecule has 0 radical (unpaired) electrons. The van der Waals surface area contributed by atoms with Gasteiger partial charge in [-0.25, -0.2) is 9.36 Å². The number of carbonyl (C=O) groups is 1. The summed E-state index contributed by atoms with van der Waals surface area (Å²) in [6.07, 6.45) is 3.75. The number of hydrogen-bond donors (Lipinski definition) is 1. The Hall–Kier alpha value is -1.75. The Bertz CT molecular complexity index is 524. The van der Waals surface area contributed by atoms with E-state index in [1.165, 1.54) is 18.0 Å². The molecule has 1 amide bonds. The van der Waals surface area contributed by atoms with Gasteiger partial charge in [-0.15, -0.1) is 0 Å². The summed E-state index contributed by atoms with van der Waals surface area (Å²) in [5.41, 5.74) is 7.36. The highest BCUT2D eigenvalue weighted by Crippen LogP contribution is 2.24. The SMILES string of the molecule is CC.CCC.CCc1cc(-c2ccns2)cc(C(N)=O)n1. The Labute approximate surface area is 131 Å². The summed E-state index contributed by atoms with van der Waals surface area (Å²) in [4.78, 5) is 16.3. The lowest BCUT2D eigenvalue weighted by Crippen LogP contribution is -2.14. The summed E-state index contributed by atoms with van der Waals surface area (Å²) in [6, 6.07) is 5.57. The van der Waals surface area contributed by atoms with Crippen LogP contribution in [0.3, 0.4) is 0 Å². The van der Waals surface area contributed by atoms with Gasteiger partial charge in [-0.3, -0.25) is 4.79 Å². The summed E-state index contributed by atoms with van der Waals surface area (Å²) in [7, 11) is 0. The van der Waals surface area contributed by atoms with Gasteiger partial charge in [0.25, 0.3) is 5.91 Å². The van der Waals surface area contributed by atoms with Crippen molar-refractivity contribution in [1.82, 2.24) is 9.36 Å². The van der Waals surface area contributed by atoms with Gasteiger partial charge in [0.15, 0.2) is 0 Å². The lowest BCUT2D eigenvalue weighted by Gasteiger charge is -2.03. The smallest absolute Gasteiger partial charge is 0.267 e. The maximum atomic E-state index is 11.1. The number of carbonyl (C=O) groups excluding carboxylic acids is 1. The van der Waals surface area contributed by atoms with E-state index < -0.39 is 5.91 Å². The predicted octanol–water partition coefficient (Wildman–Crippen LogP) is 4.31. The van der Waals surface area contributed by atoms with Crippen molar-refractivity contribution in [2.45, 2.75) is 47.5 Å². The average molecular weight is 307 g/mol. The first-order valence-electron chi connectivity index (χ1n) is 7.34. The minimum atomic E-state index is -0.499. The van der Waals surface area contributed by atoms with Crippen molar-refractivity contribution in [1.29, 1.82) is 0 Å². The van der Waals surface area contributed by atoms with Gasteiger partial charge in [-0.05, 0) is 41.7 Å². The van der Waals surface area contributed by atoms with Gasteiger partial charge in [0.05, 0.1) is 4.88 Å². The van der Waals surface area contributed by atoms with Crippen LogP contribution >= 0.6 is 11.5 Å². The monoisotopic (exact) mass is 307 g/mol. The van der Waals surface area contributed by atoms with Crippen LogP contribution in [0.1, 0.15) is 57.2 Å². The van der Waals surface area contributed by atoms with Gasteiger partial charge in [0.1, 0.15) is 5.69 Å². The van der Waals surface area contributed by atoms with E-state index in [0.29, 0.717) is 5.69 Å². The fraction of sp³-hybridized carbons (Fsp3) is 0.438. The lowest BCUT2D eigenvalue weighted by atomic mass is 10.1. The zero-order valence-electron chi connectivity index (χ0n) is 13.5. The van der Waals surface area contributed by atoms with Crippen LogP contribution < -0.4 is 5.73 Å². The molecule has 4 nitrogen and oxygen atoms in total. The van der Waals surface area contributed by atoms with Crippen molar-refractivity contribution in [3.05, 3.63) is 35.8 Å². The number of pyridine rings is 1. The molecule has 0 aliphatic carbocycles. The Balaban J connectivity index is 0.000000713. The van der Waals surface area contributed by atoms with E-state index in [4.69, 9.17) is 5.73 Å². The number of primary amides is 1. The lowest BCUT2D eigenvalue weighted by molar-refractivity contribution is 0.0995. The van der Waals surface area contributed by atoms with Crippen LogP contribution in [-0.4, -0.2) is 15.3 Å². The molecular weight excluding hydrogens is 282 g/mol. The largest absolute Gasteiger partial charge is 0.364 e. The molecule has 0 aromatic carbocycles. The highest BCUT2D eigenvalue weighted by Gasteiger charge is 2.08. The molecule has 0 bridgehead atoms. The number of amides is 1. The molecule has 2 heterocycles. The molecule has 2 aromatic rings. The minimum absolute atomic E-state index is 0.308. The highest BCUT2D eigenvalue weighted by atomic mass is 32.1. The van der Waals surface area contributed by atoms with Crippen molar-refractivity contribution in [3.63, 3.8) is 0 Å². The van der Waals surface area contributed by atoms with Crippen LogP contribution in [-0.2, 0) is 6.42 Å². The van der Waals surface area contributed by atoms with Crippen molar-refractivity contribution in [2.75, 3.05) is 0 Å². The fourth-order valence-electron chi connectivity index (χ4n) is 1.40. The first-order valence-corrected chi connectivity index (χ1v) is 8.11. The maximum absolute atomic E-state index is 11.1. The van der Waals surface area contributed by atoms with Crippen LogP contribution in [0, 0.1) is 0 Å². The molecule has 0 unspecified atom stereocenters. The molecule has 0 spiro atoms. The summed E-state index contributed by atoms with van der Waals surface area (Å²) in [6.45, 7) is 10.2. The zero-order valence-corrected chi connectivity index (χ0v) is 14.3. The molecule has 0 saturated carbocycles. The average Bonchev–Trinajstić information content (AvgIpc) is 3.04. The van der Waals surface area contributed by atoms with Crippen LogP contribution in [0.2, 0.25) is 0 Å². The molecule has 21 heavy (non-hydrogen) atoms. The van der Waals surface area contributed by atoms with E-state index in [0.717, 1.165) is 22.6 Å². The van der Waals surface area contributed by atoms with Gasteiger partial charge in [0, 0.05) is 11.9 Å². The predicted molar refractivity (Wildman–Crippen MR) is 90.6 cm³/mol. The summed E-state index contributed by atoms with van der Waals surface area (Å²) >= 11 is 1.39. The van der Waals surface area contributed by atoms with Crippen LogP contribution in [0.5, 0.6) is 0 Å². The van der Waals surface area contributed by atoms with E-state index in [1.807, 2.05) is 32.9 Å². The summed E-state index contributed by atoms with van der Waals surface area (Å²) < 4.78 is 4.03. The highest BCUT2D eigenvalue weighted by molar-refractivity contribution is 7.09. The van der Waals surface area contributed by atoms with Gasteiger partial charge >= 0.3 is 0 Å². The van der Waals surface area contributed by atoms with Gasteiger partial charge in [0.2, 0.25) is 0 Å². The number of nitrogens with zero attached hydrogens (tertiary/aromatic N) is 2. The Kier molecular flexibility index (Phi) is 10.1. The van der Waals surface area contributed by atoms with E-state index in [9.17, 15) is 4.79 Å². The molecule has 0 saturated heterocycles. The van der Waals surface area contributed by atoms with Crippen LogP contribution in [0.4, 0.5) is 0 Å². The second-order valence-electron chi connectivity index (χ2n) is 4.03. The van der Waals surface area contributed by atoms with Gasteiger partial charge < -0.3 is 5.73 Å². The van der Waals surface area contributed by atoms with Crippen LogP contribution in [0.15, 0.2) is 24.4 Å². The molecular formula is C16H25N3OS. The first kappa shape index (κ1) is 19.2. The van der Waals surface area contributed by atoms with E-state index >= 15 is 0 Å². The fourth-order valence-corrected chi connectivity index (χ4v) is 1.98. The third kappa shape index (κ3) is 6.49. The number of rotatable bonds is 3. The van der Waals surface area contributed by atoms with Crippen molar-refractivity contribution < 1.29 is 4.79 Å². The maximum Gasteiger partial charge on any atom is 0.267 e. The number of hydrogen-bond acceptors (Lipinski definition) is 4. The quantitative estimate of drug-likeness (QED) is 0.918. The zero-order chi connectivity index (χ0) is 16.3. The van der Waals surface area contributed by atoms with Crippen molar-refractivity contribution in [2.24, 2.45) is 5.73 Å². The van der Waals surface area contributed by atoms with Crippen LogP contribution in [0.25, 0.3) is 10.4 Å². The number of aromatic nitrogens is 2. The molecule has 0 fully saturated rings. The second-order valence-corrected chi connectivity index (χ2v) is 4.87. The molecule has 5 heteroatoms. The Morgan fingerprint density at radius 1 is 1.24 bits per heavy atom. The third-order valence-corrected chi connectivity index (χ3v) is 3.01. The minimum Gasteiger partial charge on any atom is -0.364 e. The normalized spacial score (nSPS) is 9.00. The molecule has 2 N–H and O–H groups in total. The standard InChI is InChI=1S/C11H11N3OS.C3H8.C2H6/c1-2-8-5-7(10-3-4-13-16-10)6-9(14-8)11(12)15;1-3-2;1-2/h3-6H,2H2,1H3,(H2,12,15);3H2,1-2H3;1-2H3. The third-order valence-electron chi connectivity index (χ3n) is 2.22. The molecule has 0 aliphatic heterocycles. The van der Waals surface area contributed by atoms with Crippen molar-refractivity contribution >= 4 is 17.4 Å². The molecule has 0 aliphatic rings. The van der Waals surface area contributed by atoms with Crippen molar-refractivity contribution in [3.8, 4) is 10.4 Å². The van der Waals surface area contributed by atoms with Gasteiger partial charge in [-0.1, -0.05) is 41.0 Å². The Morgan fingerprint density at radius 2 is 1.86 bits per heavy atom. The molecule has 0 atom stereocenters. The molecule has 2 aromatic heterocycles. The first-order chi connectivity index (χ1) is 10.1. The summed E-state index contributed by atoms with van der Waals surface area (Å²) in [5.74, 6) is -0.499. The Morgan fingerprint density at radius 3 is 2.29 bits per heavy atom. The van der Waals surface area contributed by atoms with E-state index in [1.54, 1.807) is 12.3 Å². The molecule has 116 valence electrons. The number of nitrogens with two attached hydrogens (primary N) is 1. The molecule has 2 rings (SSSR count).